The fourth-order valence-corrected chi connectivity index (χ4v) is 4.49. The second kappa shape index (κ2) is 5.58. The van der Waals surface area contributed by atoms with E-state index >= 15 is 0 Å². The summed E-state index contributed by atoms with van der Waals surface area (Å²) in [7, 11) is 0. The van der Waals surface area contributed by atoms with Gasteiger partial charge in [0.1, 0.15) is 0 Å². The van der Waals surface area contributed by atoms with Crippen molar-refractivity contribution in [1.29, 1.82) is 0 Å². The molecular weight excluding hydrogens is 294 g/mol. The summed E-state index contributed by atoms with van der Waals surface area (Å²) in [6.45, 7) is 1.02. The van der Waals surface area contributed by atoms with Crippen LogP contribution in [0.5, 0.6) is 0 Å². The minimum Gasteiger partial charge on any atom is -0.339 e. The summed E-state index contributed by atoms with van der Waals surface area (Å²) in [5.41, 5.74) is 2.66. The Hall–Kier alpha value is -1.71. The van der Waals surface area contributed by atoms with Crippen molar-refractivity contribution in [2.45, 2.75) is 16.2 Å². The largest absolute Gasteiger partial charge is 0.339 e. The van der Waals surface area contributed by atoms with E-state index < -0.39 is 0 Å². The molecule has 0 fully saturated rings. The zero-order valence-electron chi connectivity index (χ0n) is 11.5. The smallest absolute Gasteiger partial charge is 0.0552 e. The normalized spacial score (nSPS) is 12.9. The van der Waals surface area contributed by atoms with Crippen molar-refractivity contribution in [3.8, 4) is 0 Å². The molecular formula is C18H15NS2. The molecule has 3 heteroatoms. The molecule has 1 nitrogen and oxygen atoms in total. The Morgan fingerprint density at radius 3 is 2.05 bits per heavy atom. The van der Waals surface area contributed by atoms with Gasteiger partial charge in [0.15, 0.2) is 0 Å². The Labute approximate surface area is 133 Å². The lowest BCUT2D eigenvalue weighted by atomic mass is 10.2. The zero-order chi connectivity index (χ0) is 14.1. The van der Waals surface area contributed by atoms with Gasteiger partial charge in [0, 0.05) is 21.2 Å². The maximum Gasteiger partial charge on any atom is 0.0552 e. The Bertz CT molecular complexity index is 704. The van der Waals surface area contributed by atoms with Crippen LogP contribution >= 0.6 is 23.1 Å². The molecule has 1 aliphatic rings. The van der Waals surface area contributed by atoms with E-state index in [1.54, 1.807) is 0 Å². The Morgan fingerprint density at radius 2 is 1.43 bits per heavy atom. The van der Waals surface area contributed by atoms with Gasteiger partial charge < -0.3 is 4.90 Å². The molecule has 0 amide bonds. The van der Waals surface area contributed by atoms with Crippen LogP contribution in [0.3, 0.4) is 0 Å². The SMILES string of the molecule is c1csc(CCN2c3ccccc3Sc3ccccc32)c1. The van der Waals surface area contributed by atoms with Crippen LogP contribution in [0.2, 0.25) is 0 Å². The number of benzene rings is 2. The molecule has 0 saturated carbocycles. The average Bonchev–Trinajstić information content (AvgIpc) is 3.05. The van der Waals surface area contributed by atoms with Gasteiger partial charge in [0.25, 0.3) is 0 Å². The summed E-state index contributed by atoms with van der Waals surface area (Å²) in [5, 5.41) is 2.16. The van der Waals surface area contributed by atoms with E-state index in [1.165, 1.54) is 26.0 Å². The number of anilines is 2. The molecule has 0 radical (unpaired) electrons. The molecule has 0 unspecified atom stereocenters. The third kappa shape index (κ3) is 2.47. The van der Waals surface area contributed by atoms with E-state index in [0.717, 1.165) is 13.0 Å². The van der Waals surface area contributed by atoms with Crippen molar-refractivity contribution >= 4 is 34.5 Å². The topological polar surface area (TPSA) is 3.24 Å². The average molecular weight is 309 g/mol. The van der Waals surface area contributed by atoms with Gasteiger partial charge in [-0.2, -0.15) is 0 Å². The highest BCUT2D eigenvalue weighted by Crippen LogP contribution is 2.47. The molecule has 1 aromatic heterocycles. The third-order valence-electron chi connectivity index (χ3n) is 3.69. The fourth-order valence-electron chi connectivity index (χ4n) is 2.70. The first-order chi connectivity index (χ1) is 10.4. The molecule has 2 aromatic carbocycles. The van der Waals surface area contributed by atoms with Crippen LogP contribution in [0.15, 0.2) is 75.8 Å². The van der Waals surface area contributed by atoms with Crippen molar-refractivity contribution in [3.05, 3.63) is 70.9 Å². The monoisotopic (exact) mass is 309 g/mol. The molecule has 0 spiro atoms. The Morgan fingerprint density at radius 1 is 0.762 bits per heavy atom. The second-order valence-electron chi connectivity index (χ2n) is 5.02. The first kappa shape index (κ1) is 13.0. The van der Waals surface area contributed by atoms with Crippen molar-refractivity contribution in [2.75, 3.05) is 11.4 Å². The minimum absolute atomic E-state index is 1.02. The Kier molecular flexibility index (Phi) is 3.45. The number of hydrogen-bond donors (Lipinski definition) is 0. The molecule has 21 heavy (non-hydrogen) atoms. The fraction of sp³-hybridized carbons (Fsp3) is 0.111. The highest BCUT2D eigenvalue weighted by Gasteiger charge is 2.22. The summed E-state index contributed by atoms with van der Waals surface area (Å²) >= 11 is 3.71. The molecule has 0 bridgehead atoms. The van der Waals surface area contributed by atoms with Crippen molar-refractivity contribution in [2.24, 2.45) is 0 Å². The van der Waals surface area contributed by atoms with Gasteiger partial charge >= 0.3 is 0 Å². The van der Waals surface area contributed by atoms with Crippen molar-refractivity contribution in [1.82, 2.24) is 0 Å². The van der Waals surface area contributed by atoms with Gasteiger partial charge in [-0.05, 0) is 42.1 Å². The summed E-state index contributed by atoms with van der Waals surface area (Å²) < 4.78 is 0. The minimum atomic E-state index is 1.02. The number of hydrogen-bond acceptors (Lipinski definition) is 3. The van der Waals surface area contributed by atoms with Gasteiger partial charge in [-0.25, -0.2) is 0 Å². The van der Waals surface area contributed by atoms with Gasteiger partial charge in [0.2, 0.25) is 0 Å². The van der Waals surface area contributed by atoms with Crippen LogP contribution in [0.1, 0.15) is 4.88 Å². The zero-order valence-corrected chi connectivity index (χ0v) is 13.2. The van der Waals surface area contributed by atoms with Gasteiger partial charge in [-0.3, -0.25) is 0 Å². The van der Waals surface area contributed by atoms with Crippen LogP contribution < -0.4 is 4.90 Å². The summed E-state index contributed by atoms with van der Waals surface area (Å²) in [5.74, 6) is 0. The molecule has 2 heterocycles. The first-order valence-electron chi connectivity index (χ1n) is 7.08. The second-order valence-corrected chi connectivity index (χ2v) is 7.13. The van der Waals surface area contributed by atoms with Gasteiger partial charge in [-0.1, -0.05) is 42.1 Å². The first-order valence-corrected chi connectivity index (χ1v) is 8.77. The molecule has 0 saturated heterocycles. The number of thiophene rings is 1. The molecule has 0 aliphatic carbocycles. The van der Waals surface area contributed by atoms with Crippen LogP contribution in [-0.4, -0.2) is 6.54 Å². The number of fused-ring (bicyclic) bond motifs is 2. The van der Waals surface area contributed by atoms with E-state index in [2.05, 4.69) is 70.9 Å². The Balaban J connectivity index is 1.71. The molecule has 3 aromatic rings. The highest BCUT2D eigenvalue weighted by atomic mass is 32.2. The quantitative estimate of drug-likeness (QED) is 0.620. The predicted octanol–water partition coefficient (Wildman–Crippen LogP) is 5.59. The van der Waals surface area contributed by atoms with Gasteiger partial charge in [0.05, 0.1) is 11.4 Å². The van der Waals surface area contributed by atoms with E-state index in [0.29, 0.717) is 0 Å². The lowest BCUT2D eigenvalue weighted by Crippen LogP contribution is -2.23. The number of para-hydroxylation sites is 2. The highest BCUT2D eigenvalue weighted by molar-refractivity contribution is 7.99. The van der Waals surface area contributed by atoms with Crippen molar-refractivity contribution < 1.29 is 0 Å². The molecule has 1 aliphatic heterocycles. The number of rotatable bonds is 3. The van der Waals surface area contributed by atoms with Gasteiger partial charge in [-0.15, -0.1) is 11.3 Å². The molecule has 4 rings (SSSR count). The van der Waals surface area contributed by atoms with Crippen LogP contribution in [0.4, 0.5) is 11.4 Å². The number of nitrogens with zero attached hydrogens (tertiary/aromatic N) is 1. The summed E-state index contributed by atoms with van der Waals surface area (Å²) in [4.78, 5) is 6.61. The maximum atomic E-state index is 2.46. The molecule has 0 N–H and O–H groups in total. The van der Waals surface area contributed by atoms with E-state index in [9.17, 15) is 0 Å². The van der Waals surface area contributed by atoms with E-state index in [1.807, 2.05) is 23.1 Å². The maximum absolute atomic E-state index is 2.46. The van der Waals surface area contributed by atoms with E-state index in [-0.39, 0.29) is 0 Å². The van der Waals surface area contributed by atoms with Crippen molar-refractivity contribution in [3.63, 3.8) is 0 Å². The lowest BCUT2D eigenvalue weighted by Gasteiger charge is -2.32. The molecule has 104 valence electrons. The van der Waals surface area contributed by atoms with E-state index in [4.69, 9.17) is 0 Å². The standard InChI is InChI=1S/C18H15NS2/c1-3-9-17-15(7-1)19(12-11-14-6-5-13-20-14)16-8-2-4-10-18(16)21-17/h1-10,13H,11-12H2. The predicted molar refractivity (Wildman–Crippen MR) is 92.0 cm³/mol. The van der Waals surface area contributed by atoms with Crippen LogP contribution in [-0.2, 0) is 6.42 Å². The van der Waals surface area contributed by atoms with Crippen LogP contribution in [0.25, 0.3) is 0 Å². The summed E-state index contributed by atoms with van der Waals surface area (Å²) in [6, 6.07) is 21.8. The summed E-state index contributed by atoms with van der Waals surface area (Å²) in [6.07, 6.45) is 1.09. The van der Waals surface area contributed by atoms with Crippen LogP contribution in [0, 0.1) is 0 Å². The third-order valence-corrected chi connectivity index (χ3v) is 5.76. The lowest BCUT2D eigenvalue weighted by molar-refractivity contribution is 0.902. The molecule has 0 atom stereocenters.